The molecule has 1 atom stereocenters. The second kappa shape index (κ2) is 8.63. The largest absolute Gasteiger partial charge is 0.379 e. The van der Waals surface area contributed by atoms with E-state index in [1.807, 2.05) is 31.2 Å². The molecule has 0 spiro atoms. The number of hydrogen-bond donors (Lipinski definition) is 1. The fraction of sp³-hybridized carbons (Fsp3) is 0.625. The Morgan fingerprint density at radius 2 is 1.80 bits per heavy atom. The topological polar surface area (TPSA) is 30.5 Å². The number of halogens is 1. The van der Waals surface area contributed by atoms with E-state index >= 15 is 0 Å². The molecule has 0 aliphatic rings. The average molecular weight is 300 g/mol. The monoisotopic (exact) mass is 299 g/mol. The molecule has 20 heavy (non-hydrogen) atoms. The zero-order valence-corrected chi connectivity index (χ0v) is 13.7. The Morgan fingerprint density at radius 1 is 1.15 bits per heavy atom. The predicted molar refractivity (Wildman–Crippen MR) is 84.4 cm³/mol. The minimum Gasteiger partial charge on any atom is -0.379 e. The van der Waals surface area contributed by atoms with Crippen LogP contribution >= 0.6 is 11.6 Å². The molecule has 1 aromatic carbocycles. The van der Waals surface area contributed by atoms with Gasteiger partial charge in [0.25, 0.3) is 0 Å². The minimum absolute atomic E-state index is 0.00643. The van der Waals surface area contributed by atoms with E-state index < -0.39 is 0 Å². The lowest BCUT2D eigenvalue weighted by molar-refractivity contribution is 0.00459. The predicted octanol–water partition coefficient (Wildman–Crippen LogP) is 3.82. The van der Waals surface area contributed by atoms with E-state index in [1.165, 1.54) is 0 Å². The van der Waals surface area contributed by atoms with Crippen molar-refractivity contribution in [3.63, 3.8) is 0 Å². The summed E-state index contributed by atoms with van der Waals surface area (Å²) in [6.45, 7) is 11.1. The Balaban J connectivity index is 2.60. The molecule has 0 fully saturated rings. The second-order valence-corrected chi connectivity index (χ2v) is 6.18. The number of hydrogen-bond acceptors (Lipinski definition) is 3. The summed E-state index contributed by atoms with van der Waals surface area (Å²) in [6, 6.07) is 7.82. The minimum atomic E-state index is 0.00643. The van der Waals surface area contributed by atoms with E-state index in [4.69, 9.17) is 21.1 Å². The Hall–Kier alpha value is -0.610. The Morgan fingerprint density at radius 3 is 2.35 bits per heavy atom. The van der Waals surface area contributed by atoms with Gasteiger partial charge in [-0.15, -0.1) is 0 Å². The molecule has 1 unspecified atom stereocenters. The van der Waals surface area contributed by atoms with Gasteiger partial charge < -0.3 is 14.8 Å². The third kappa shape index (κ3) is 7.25. The van der Waals surface area contributed by atoms with Gasteiger partial charge in [-0.05, 0) is 45.4 Å². The van der Waals surface area contributed by atoms with Crippen molar-refractivity contribution in [2.75, 3.05) is 26.4 Å². The van der Waals surface area contributed by atoms with Gasteiger partial charge in [0.2, 0.25) is 0 Å². The van der Waals surface area contributed by atoms with Crippen LogP contribution in [0.4, 0.5) is 0 Å². The van der Waals surface area contributed by atoms with Crippen LogP contribution in [0.1, 0.15) is 39.4 Å². The smallest absolute Gasteiger partial charge is 0.0950 e. The van der Waals surface area contributed by atoms with Crippen LogP contribution in [0.5, 0.6) is 0 Å². The zero-order valence-electron chi connectivity index (χ0n) is 12.9. The van der Waals surface area contributed by atoms with E-state index in [9.17, 15) is 0 Å². The summed E-state index contributed by atoms with van der Waals surface area (Å²) < 4.78 is 11.3. The molecule has 1 N–H and O–H groups in total. The lowest BCUT2D eigenvalue weighted by Gasteiger charge is -2.26. The van der Waals surface area contributed by atoms with E-state index in [0.717, 1.165) is 23.7 Å². The van der Waals surface area contributed by atoms with Crippen LogP contribution < -0.4 is 5.32 Å². The van der Waals surface area contributed by atoms with Gasteiger partial charge in [-0.25, -0.2) is 0 Å². The van der Waals surface area contributed by atoms with Gasteiger partial charge in [0.15, 0.2) is 0 Å². The fourth-order valence-electron chi connectivity index (χ4n) is 1.74. The molecular weight excluding hydrogens is 274 g/mol. The van der Waals surface area contributed by atoms with Crippen molar-refractivity contribution < 1.29 is 9.47 Å². The van der Waals surface area contributed by atoms with Crippen LogP contribution in [0, 0.1) is 0 Å². The van der Waals surface area contributed by atoms with Gasteiger partial charge in [0.1, 0.15) is 0 Å². The highest BCUT2D eigenvalue weighted by Gasteiger charge is 2.16. The van der Waals surface area contributed by atoms with E-state index in [0.29, 0.717) is 13.2 Å². The molecule has 0 amide bonds. The first-order chi connectivity index (χ1) is 9.42. The number of rotatable bonds is 8. The number of nitrogens with one attached hydrogen (secondary N) is 1. The standard InChI is InChI=1S/C16H26ClNO2/c1-5-19-10-11-20-15(12-18-16(2,3)4)13-6-8-14(17)9-7-13/h6-9,15,18H,5,10-12H2,1-4H3. The van der Waals surface area contributed by atoms with Crippen molar-refractivity contribution in [3.05, 3.63) is 34.9 Å². The van der Waals surface area contributed by atoms with Crippen LogP contribution in [0.3, 0.4) is 0 Å². The van der Waals surface area contributed by atoms with Crippen LogP contribution in [0.25, 0.3) is 0 Å². The summed E-state index contributed by atoms with van der Waals surface area (Å²) in [4.78, 5) is 0. The molecule has 0 aromatic heterocycles. The third-order valence-electron chi connectivity index (χ3n) is 2.81. The first-order valence-corrected chi connectivity index (χ1v) is 7.50. The van der Waals surface area contributed by atoms with Crippen LogP contribution in [0.2, 0.25) is 5.02 Å². The summed E-state index contributed by atoms with van der Waals surface area (Å²) in [5, 5.41) is 4.22. The molecule has 0 saturated heterocycles. The van der Waals surface area contributed by atoms with Gasteiger partial charge in [0.05, 0.1) is 19.3 Å². The normalized spacial score (nSPS) is 13.4. The molecule has 4 heteroatoms. The van der Waals surface area contributed by atoms with Crippen molar-refractivity contribution in [1.82, 2.24) is 5.32 Å². The fourth-order valence-corrected chi connectivity index (χ4v) is 1.87. The molecular formula is C16H26ClNO2. The molecule has 0 aliphatic heterocycles. The molecule has 0 radical (unpaired) electrons. The molecule has 1 rings (SSSR count). The first kappa shape index (κ1) is 17.4. The number of benzene rings is 1. The molecule has 114 valence electrons. The molecule has 0 bridgehead atoms. The van der Waals surface area contributed by atoms with Crippen LogP contribution in [-0.4, -0.2) is 31.9 Å². The Labute approximate surface area is 127 Å². The van der Waals surface area contributed by atoms with Crippen LogP contribution in [-0.2, 0) is 9.47 Å². The molecule has 0 saturated carbocycles. The van der Waals surface area contributed by atoms with Crippen molar-refractivity contribution in [2.45, 2.75) is 39.3 Å². The summed E-state index contributed by atoms with van der Waals surface area (Å²) >= 11 is 5.94. The SMILES string of the molecule is CCOCCOC(CNC(C)(C)C)c1ccc(Cl)cc1. The van der Waals surface area contributed by atoms with Gasteiger partial charge >= 0.3 is 0 Å². The highest BCUT2D eigenvalue weighted by atomic mass is 35.5. The highest BCUT2D eigenvalue weighted by molar-refractivity contribution is 6.30. The van der Waals surface area contributed by atoms with Gasteiger partial charge in [-0.2, -0.15) is 0 Å². The Bertz CT molecular complexity index is 373. The lowest BCUT2D eigenvalue weighted by Crippen LogP contribution is -2.39. The van der Waals surface area contributed by atoms with Crippen molar-refractivity contribution in [2.24, 2.45) is 0 Å². The zero-order chi connectivity index (χ0) is 15.0. The van der Waals surface area contributed by atoms with Gasteiger partial charge in [-0.3, -0.25) is 0 Å². The maximum absolute atomic E-state index is 5.94. The Kier molecular flexibility index (Phi) is 7.52. The molecule has 3 nitrogen and oxygen atoms in total. The van der Waals surface area contributed by atoms with Gasteiger partial charge in [0, 0.05) is 23.7 Å². The van der Waals surface area contributed by atoms with Crippen molar-refractivity contribution >= 4 is 11.6 Å². The van der Waals surface area contributed by atoms with Crippen LogP contribution in [0.15, 0.2) is 24.3 Å². The van der Waals surface area contributed by atoms with Crippen molar-refractivity contribution in [3.8, 4) is 0 Å². The van der Waals surface area contributed by atoms with E-state index in [2.05, 4.69) is 26.1 Å². The highest BCUT2D eigenvalue weighted by Crippen LogP contribution is 2.20. The second-order valence-electron chi connectivity index (χ2n) is 5.74. The average Bonchev–Trinajstić information content (AvgIpc) is 2.38. The maximum Gasteiger partial charge on any atom is 0.0950 e. The number of ether oxygens (including phenoxy) is 2. The maximum atomic E-state index is 5.94. The summed E-state index contributed by atoms with van der Waals surface area (Å²) in [6.07, 6.45) is 0.00643. The molecule has 1 aromatic rings. The molecule has 0 heterocycles. The summed E-state index contributed by atoms with van der Waals surface area (Å²) in [7, 11) is 0. The first-order valence-electron chi connectivity index (χ1n) is 7.12. The quantitative estimate of drug-likeness (QED) is 0.740. The van der Waals surface area contributed by atoms with Crippen molar-refractivity contribution in [1.29, 1.82) is 0 Å². The third-order valence-corrected chi connectivity index (χ3v) is 3.06. The summed E-state index contributed by atoms with van der Waals surface area (Å²) in [5.41, 5.74) is 1.19. The van der Waals surface area contributed by atoms with E-state index in [-0.39, 0.29) is 11.6 Å². The molecule has 0 aliphatic carbocycles. The van der Waals surface area contributed by atoms with E-state index in [1.54, 1.807) is 0 Å². The lowest BCUT2D eigenvalue weighted by atomic mass is 10.1. The summed E-state index contributed by atoms with van der Waals surface area (Å²) in [5.74, 6) is 0. The van der Waals surface area contributed by atoms with Gasteiger partial charge in [-0.1, -0.05) is 23.7 Å².